The lowest BCUT2D eigenvalue weighted by Gasteiger charge is -2.35. The number of hydrogen-bond donors (Lipinski definition) is 0. The Morgan fingerprint density at radius 2 is 1.77 bits per heavy atom. The number of aromatic nitrogens is 1. The van der Waals surface area contributed by atoms with Crippen LogP contribution < -0.4 is 14.9 Å². The highest BCUT2D eigenvalue weighted by molar-refractivity contribution is 7.07. The number of rotatable bonds is 2. The normalized spacial score (nSPS) is 20.3. The van der Waals surface area contributed by atoms with Crippen molar-refractivity contribution in [3.8, 4) is 0 Å². The number of nitrogens with zero attached hydrogens (tertiary/aromatic N) is 2. The highest BCUT2D eigenvalue weighted by Crippen LogP contribution is 2.44. The fourth-order valence-electron chi connectivity index (χ4n) is 4.44. The van der Waals surface area contributed by atoms with Gasteiger partial charge >= 0.3 is 0 Å². The first-order chi connectivity index (χ1) is 14.8. The number of carbonyl (C=O) groups is 1. The van der Waals surface area contributed by atoms with Gasteiger partial charge in [-0.25, -0.2) is 4.99 Å². The monoisotopic (exact) mass is 448 g/mol. The van der Waals surface area contributed by atoms with E-state index in [2.05, 4.69) is 13.8 Å². The van der Waals surface area contributed by atoms with Gasteiger partial charge < -0.3 is 0 Å². The van der Waals surface area contributed by atoms with Crippen molar-refractivity contribution in [3.63, 3.8) is 0 Å². The number of Topliss-reactive ketones (excluding diaryl/α,β-unsaturated/α-hetero) is 1. The molecule has 3 aromatic rings. The quantitative estimate of drug-likeness (QED) is 0.588. The van der Waals surface area contributed by atoms with E-state index in [9.17, 15) is 9.59 Å². The minimum absolute atomic E-state index is 0.0391. The fourth-order valence-corrected chi connectivity index (χ4v) is 5.70. The number of allylic oxidation sites excluding steroid dienone is 2. The predicted molar refractivity (Wildman–Crippen MR) is 124 cm³/mol. The minimum Gasteiger partial charge on any atom is -0.294 e. The summed E-state index contributed by atoms with van der Waals surface area (Å²) in [6, 6.07) is 16.6. The largest absolute Gasteiger partial charge is 0.294 e. The molecule has 2 aromatic carbocycles. The second kappa shape index (κ2) is 7.43. The van der Waals surface area contributed by atoms with Crippen molar-refractivity contribution in [2.24, 2.45) is 10.4 Å². The van der Waals surface area contributed by atoms with Crippen molar-refractivity contribution < 1.29 is 4.79 Å². The number of fused-ring (bicyclic) bond motifs is 1. The maximum absolute atomic E-state index is 13.5. The van der Waals surface area contributed by atoms with Gasteiger partial charge in [0.2, 0.25) is 0 Å². The van der Waals surface area contributed by atoms with Crippen molar-refractivity contribution in [1.29, 1.82) is 0 Å². The van der Waals surface area contributed by atoms with E-state index in [-0.39, 0.29) is 16.8 Å². The molecule has 0 fully saturated rings. The van der Waals surface area contributed by atoms with Gasteiger partial charge in [0.05, 0.1) is 16.3 Å². The van der Waals surface area contributed by atoms with E-state index in [1.807, 2.05) is 54.6 Å². The molecule has 1 atom stereocenters. The van der Waals surface area contributed by atoms with Gasteiger partial charge in [-0.15, -0.1) is 0 Å². The van der Waals surface area contributed by atoms with Gasteiger partial charge in [0.15, 0.2) is 10.6 Å². The van der Waals surface area contributed by atoms with E-state index < -0.39 is 6.04 Å². The molecule has 0 radical (unpaired) electrons. The fraction of sp³-hybridized carbons (Fsp3) is 0.240. The van der Waals surface area contributed by atoms with Crippen LogP contribution in [-0.4, -0.2) is 10.4 Å². The Morgan fingerprint density at radius 1 is 1.06 bits per heavy atom. The molecular weight excluding hydrogens is 428 g/mol. The SMILES string of the molecule is CC1(C)CC(=O)C2=C(C1)N=c1sc(=Cc3ccccc3)c(=O)n1C2c1ccccc1Cl. The van der Waals surface area contributed by atoms with E-state index in [1.54, 1.807) is 10.6 Å². The second-order valence-electron chi connectivity index (χ2n) is 8.82. The smallest absolute Gasteiger partial charge is 0.271 e. The molecule has 2 heterocycles. The summed E-state index contributed by atoms with van der Waals surface area (Å²) in [4.78, 5) is 32.2. The maximum Gasteiger partial charge on any atom is 0.271 e. The van der Waals surface area contributed by atoms with Crippen LogP contribution in [0.5, 0.6) is 0 Å². The second-order valence-corrected chi connectivity index (χ2v) is 10.2. The molecule has 0 bridgehead atoms. The summed E-state index contributed by atoms with van der Waals surface area (Å²) in [7, 11) is 0. The molecule has 1 aromatic heterocycles. The average Bonchev–Trinajstić information content (AvgIpc) is 3.02. The lowest BCUT2D eigenvalue weighted by atomic mass is 9.73. The van der Waals surface area contributed by atoms with Crippen molar-refractivity contribution in [2.45, 2.75) is 32.7 Å². The number of benzene rings is 2. The standard InChI is InChI=1S/C25H21ClN2O2S/c1-25(2)13-18-21(19(29)14-25)22(16-10-6-7-11-17(16)26)28-23(30)20(31-24(28)27-18)12-15-8-4-3-5-9-15/h3-12,22H,13-14H2,1-2H3. The molecule has 4 nitrogen and oxygen atoms in total. The van der Waals surface area contributed by atoms with Gasteiger partial charge in [-0.3, -0.25) is 14.2 Å². The topological polar surface area (TPSA) is 51.4 Å². The van der Waals surface area contributed by atoms with Gasteiger partial charge in [-0.2, -0.15) is 0 Å². The molecule has 0 saturated carbocycles. The summed E-state index contributed by atoms with van der Waals surface area (Å²) in [5.41, 5.74) is 2.77. The van der Waals surface area contributed by atoms with Crippen LogP contribution in [0.2, 0.25) is 5.02 Å². The number of ketones is 1. The van der Waals surface area contributed by atoms with E-state index in [0.29, 0.717) is 32.8 Å². The van der Waals surface area contributed by atoms with E-state index >= 15 is 0 Å². The van der Waals surface area contributed by atoms with Crippen molar-refractivity contribution >= 4 is 34.8 Å². The lowest BCUT2D eigenvalue weighted by Crippen LogP contribution is -2.42. The van der Waals surface area contributed by atoms with Crippen molar-refractivity contribution in [1.82, 2.24) is 4.57 Å². The number of hydrogen-bond acceptors (Lipinski definition) is 4. The zero-order chi connectivity index (χ0) is 21.8. The average molecular weight is 449 g/mol. The Hall–Kier alpha value is -2.76. The zero-order valence-electron chi connectivity index (χ0n) is 17.3. The Labute approximate surface area is 188 Å². The molecule has 0 spiro atoms. The first-order valence-electron chi connectivity index (χ1n) is 10.2. The van der Waals surface area contributed by atoms with Gasteiger partial charge in [0, 0.05) is 17.0 Å². The third kappa shape index (κ3) is 3.52. The van der Waals surface area contributed by atoms with Crippen LogP contribution in [0.4, 0.5) is 0 Å². The molecule has 0 amide bonds. The lowest BCUT2D eigenvalue weighted by molar-refractivity contribution is -0.118. The molecule has 156 valence electrons. The molecule has 2 aliphatic rings. The zero-order valence-corrected chi connectivity index (χ0v) is 18.8. The highest BCUT2D eigenvalue weighted by Gasteiger charge is 2.41. The number of thiazole rings is 1. The summed E-state index contributed by atoms with van der Waals surface area (Å²) in [5, 5.41) is 0.538. The summed E-state index contributed by atoms with van der Waals surface area (Å²) in [6.07, 6.45) is 3.00. The van der Waals surface area contributed by atoms with Gasteiger partial charge in [-0.1, -0.05) is 85.3 Å². The van der Waals surface area contributed by atoms with Crippen LogP contribution in [0.1, 0.15) is 43.9 Å². The van der Waals surface area contributed by atoms with Crippen LogP contribution in [0.25, 0.3) is 6.08 Å². The van der Waals surface area contributed by atoms with Crippen LogP contribution in [-0.2, 0) is 4.79 Å². The minimum atomic E-state index is -0.554. The third-order valence-electron chi connectivity index (χ3n) is 5.79. The van der Waals surface area contributed by atoms with Crippen molar-refractivity contribution in [3.05, 3.63) is 102 Å². The maximum atomic E-state index is 13.5. The van der Waals surface area contributed by atoms with Gasteiger partial charge in [0.1, 0.15) is 0 Å². The first kappa shape index (κ1) is 20.2. The molecule has 0 saturated heterocycles. The van der Waals surface area contributed by atoms with Crippen molar-refractivity contribution in [2.75, 3.05) is 0 Å². The summed E-state index contributed by atoms with van der Waals surface area (Å²) in [5.74, 6) is 0.0391. The molecule has 1 aliphatic heterocycles. The van der Waals surface area contributed by atoms with Crippen LogP contribution >= 0.6 is 22.9 Å². The van der Waals surface area contributed by atoms with Crippen LogP contribution in [0.3, 0.4) is 0 Å². The number of halogens is 1. The Kier molecular flexibility index (Phi) is 4.83. The van der Waals surface area contributed by atoms with E-state index in [1.165, 1.54) is 11.3 Å². The third-order valence-corrected chi connectivity index (χ3v) is 7.12. The number of carbonyl (C=O) groups excluding carboxylic acids is 1. The molecule has 0 N–H and O–H groups in total. The summed E-state index contributed by atoms with van der Waals surface area (Å²) < 4.78 is 2.24. The molecular formula is C25H21ClN2O2S. The Balaban J connectivity index is 1.81. The highest BCUT2D eigenvalue weighted by atomic mass is 35.5. The summed E-state index contributed by atoms with van der Waals surface area (Å²) in [6.45, 7) is 4.17. The molecule has 1 unspecified atom stereocenters. The summed E-state index contributed by atoms with van der Waals surface area (Å²) >= 11 is 7.92. The van der Waals surface area contributed by atoms with E-state index in [4.69, 9.17) is 16.6 Å². The van der Waals surface area contributed by atoms with E-state index in [0.717, 1.165) is 16.8 Å². The molecule has 5 rings (SSSR count). The Bertz CT molecular complexity index is 1410. The predicted octanol–water partition coefficient (Wildman–Crippen LogP) is 4.26. The van der Waals surface area contributed by atoms with Gasteiger partial charge in [-0.05, 0) is 35.1 Å². The first-order valence-corrected chi connectivity index (χ1v) is 11.4. The van der Waals surface area contributed by atoms with Crippen LogP contribution in [0, 0.1) is 5.41 Å². The molecule has 1 aliphatic carbocycles. The molecule has 6 heteroatoms. The van der Waals surface area contributed by atoms with Gasteiger partial charge in [0.25, 0.3) is 5.56 Å². The Morgan fingerprint density at radius 3 is 2.52 bits per heavy atom. The van der Waals surface area contributed by atoms with Crippen LogP contribution in [0.15, 0.2) is 75.7 Å². The molecule has 31 heavy (non-hydrogen) atoms.